The summed E-state index contributed by atoms with van der Waals surface area (Å²) in [5.41, 5.74) is 1.30. The van der Waals surface area contributed by atoms with Gasteiger partial charge in [-0.3, -0.25) is 4.90 Å². The predicted molar refractivity (Wildman–Crippen MR) is 75.8 cm³/mol. The van der Waals surface area contributed by atoms with Crippen molar-refractivity contribution < 1.29 is 0 Å². The molecule has 1 aromatic rings. The van der Waals surface area contributed by atoms with Crippen molar-refractivity contribution in [3.05, 3.63) is 23.9 Å². The van der Waals surface area contributed by atoms with Gasteiger partial charge in [0.25, 0.3) is 0 Å². The van der Waals surface area contributed by atoms with E-state index >= 15 is 0 Å². The van der Waals surface area contributed by atoms with Crippen LogP contribution in [-0.4, -0.2) is 54.6 Å². The Morgan fingerprint density at radius 2 is 2.28 bits per heavy atom. The van der Waals surface area contributed by atoms with E-state index in [4.69, 9.17) is 0 Å². The Hall–Kier alpha value is -1.13. The van der Waals surface area contributed by atoms with Crippen molar-refractivity contribution in [3.8, 4) is 0 Å². The van der Waals surface area contributed by atoms with Gasteiger partial charge in [0.1, 0.15) is 5.82 Å². The highest BCUT2D eigenvalue weighted by molar-refractivity contribution is 5.35. The largest absolute Gasteiger partial charge is 0.370 e. The molecule has 0 saturated carbocycles. The van der Waals surface area contributed by atoms with Gasteiger partial charge in [-0.1, -0.05) is 6.07 Å². The minimum atomic E-state index is 0.707. The van der Waals surface area contributed by atoms with Crippen LogP contribution in [-0.2, 0) is 6.54 Å². The molecule has 1 aromatic heterocycles. The van der Waals surface area contributed by atoms with Crippen LogP contribution in [0.3, 0.4) is 0 Å². The topological polar surface area (TPSA) is 31.4 Å². The Kier molecular flexibility index (Phi) is 4.55. The van der Waals surface area contributed by atoms with Gasteiger partial charge in [-0.15, -0.1) is 0 Å². The van der Waals surface area contributed by atoms with Gasteiger partial charge in [0, 0.05) is 38.4 Å². The third-order valence-electron chi connectivity index (χ3n) is 3.57. The molecule has 2 heterocycles. The molecule has 1 N–H and O–H groups in total. The number of pyridine rings is 1. The van der Waals surface area contributed by atoms with Gasteiger partial charge in [0.05, 0.1) is 0 Å². The minimum absolute atomic E-state index is 0.707. The Labute approximate surface area is 110 Å². The first kappa shape index (κ1) is 13.3. The van der Waals surface area contributed by atoms with Crippen molar-refractivity contribution in [1.29, 1.82) is 0 Å². The van der Waals surface area contributed by atoms with Crippen LogP contribution < -0.4 is 5.32 Å². The van der Waals surface area contributed by atoms with Gasteiger partial charge in [-0.25, -0.2) is 4.98 Å². The predicted octanol–water partition coefficient (Wildman–Crippen LogP) is 1.65. The van der Waals surface area contributed by atoms with E-state index in [0.29, 0.717) is 6.04 Å². The zero-order valence-electron chi connectivity index (χ0n) is 11.7. The van der Waals surface area contributed by atoms with Crippen molar-refractivity contribution in [2.24, 2.45) is 0 Å². The van der Waals surface area contributed by atoms with Crippen molar-refractivity contribution in [3.63, 3.8) is 0 Å². The summed E-state index contributed by atoms with van der Waals surface area (Å²) in [6.07, 6.45) is 3.26. The van der Waals surface area contributed by atoms with Crippen molar-refractivity contribution in [1.82, 2.24) is 14.8 Å². The first-order valence-electron chi connectivity index (χ1n) is 6.76. The number of likely N-dealkylation sites (N-methyl/N-ethyl adjacent to an activating group) is 1. The fourth-order valence-corrected chi connectivity index (χ4v) is 2.44. The van der Waals surface area contributed by atoms with Crippen molar-refractivity contribution in [2.45, 2.75) is 25.9 Å². The maximum absolute atomic E-state index is 4.42. The summed E-state index contributed by atoms with van der Waals surface area (Å²) in [5, 5.41) is 3.22. The van der Waals surface area contributed by atoms with E-state index in [0.717, 1.165) is 18.9 Å². The number of aromatic nitrogens is 1. The van der Waals surface area contributed by atoms with Gasteiger partial charge in [-0.2, -0.15) is 0 Å². The molecule has 1 unspecified atom stereocenters. The molecule has 1 aliphatic heterocycles. The number of hydrogen-bond donors (Lipinski definition) is 1. The molecular formula is C14H24N4. The van der Waals surface area contributed by atoms with Crippen LogP contribution in [0.5, 0.6) is 0 Å². The number of likely N-dealkylation sites (tertiary alicyclic amines) is 1. The number of rotatable bonds is 5. The molecule has 0 amide bonds. The molecule has 0 aromatic carbocycles. The Balaban J connectivity index is 1.86. The third-order valence-corrected chi connectivity index (χ3v) is 3.57. The second kappa shape index (κ2) is 6.16. The van der Waals surface area contributed by atoms with Crippen molar-refractivity contribution >= 4 is 5.82 Å². The Morgan fingerprint density at radius 3 is 2.83 bits per heavy atom. The molecule has 2 rings (SSSR count). The van der Waals surface area contributed by atoms with E-state index in [1.165, 1.54) is 25.1 Å². The highest BCUT2D eigenvalue weighted by atomic mass is 15.2. The quantitative estimate of drug-likeness (QED) is 0.858. The lowest BCUT2D eigenvalue weighted by Gasteiger charge is -2.20. The van der Waals surface area contributed by atoms with E-state index in [2.05, 4.69) is 53.3 Å². The molecule has 1 aliphatic rings. The SMILES string of the molecule is CCNc1ccc(CN2CCC(N(C)C)C2)cn1. The summed E-state index contributed by atoms with van der Waals surface area (Å²) < 4.78 is 0. The summed E-state index contributed by atoms with van der Waals surface area (Å²) in [6.45, 7) is 6.38. The first-order chi connectivity index (χ1) is 8.69. The summed E-state index contributed by atoms with van der Waals surface area (Å²) in [7, 11) is 4.34. The number of nitrogens with zero attached hydrogens (tertiary/aromatic N) is 3. The molecule has 18 heavy (non-hydrogen) atoms. The van der Waals surface area contributed by atoms with Crippen LogP contribution in [0.2, 0.25) is 0 Å². The van der Waals surface area contributed by atoms with Crippen LogP contribution in [0.15, 0.2) is 18.3 Å². The Bertz CT molecular complexity index is 361. The standard InChI is InChI=1S/C14H24N4/c1-4-15-14-6-5-12(9-16-14)10-18-8-7-13(11-18)17(2)3/h5-6,9,13H,4,7-8,10-11H2,1-3H3,(H,15,16). The zero-order valence-corrected chi connectivity index (χ0v) is 11.7. The molecule has 0 bridgehead atoms. The maximum Gasteiger partial charge on any atom is 0.125 e. The fraction of sp³-hybridized carbons (Fsp3) is 0.643. The summed E-state index contributed by atoms with van der Waals surface area (Å²) in [6, 6.07) is 4.95. The van der Waals surface area contributed by atoms with Crippen LogP contribution in [0.25, 0.3) is 0 Å². The Morgan fingerprint density at radius 1 is 1.44 bits per heavy atom. The van der Waals surface area contributed by atoms with E-state index in [1.807, 2.05) is 6.20 Å². The molecule has 1 saturated heterocycles. The van der Waals surface area contributed by atoms with Gasteiger partial charge in [0.2, 0.25) is 0 Å². The van der Waals surface area contributed by atoms with Gasteiger partial charge >= 0.3 is 0 Å². The monoisotopic (exact) mass is 248 g/mol. The van der Waals surface area contributed by atoms with E-state index in [-0.39, 0.29) is 0 Å². The third kappa shape index (κ3) is 3.43. The second-order valence-electron chi connectivity index (χ2n) is 5.22. The molecule has 4 nitrogen and oxygen atoms in total. The summed E-state index contributed by atoms with van der Waals surface area (Å²) in [4.78, 5) is 9.25. The molecule has 0 radical (unpaired) electrons. The minimum Gasteiger partial charge on any atom is -0.370 e. The molecule has 0 aliphatic carbocycles. The molecule has 1 atom stereocenters. The summed E-state index contributed by atoms with van der Waals surface area (Å²) in [5.74, 6) is 0.967. The number of hydrogen-bond acceptors (Lipinski definition) is 4. The first-order valence-corrected chi connectivity index (χ1v) is 6.76. The smallest absolute Gasteiger partial charge is 0.125 e. The highest BCUT2D eigenvalue weighted by Gasteiger charge is 2.23. The second-order valence-corrected chi connectivity index (χ2v) is 5.22. The normalized spacial score (nSPS) is 20.6. The highest BCUT2D eigenvalue weighted by Crippen LogP contribution is 2.16. The molecular weight excluding hydrogens is 224 g/mol. The van der Waals surface area contributed by atoms with Crippen molar-refractivity contribution in [2.75, 3.05) is 39.0 Å². The average Bonchev–Trinajstić information content (AvgIpc) is 2.81. The van der Waals surface area contributed by atoms with E-state index in [1.54, 1.807) is 0 Å². The lowest BCUT2D eigenvalue weighted by Crippen LogP contribution is -2.31. The van der Waals surface area contributed by atoms with Crippen LogP contribution in [0, 0.1) is 0 Å². The number of anilines is 1. The van der Waals surface area contributed by atoms with Gasteiger partial charge in [0.15, 0.2) is 0 Å². The lowest BCUT2D eigenvalue weighted by molar-refractivity contribution is 0.264. The van der Waals surface area contributed by atoms with E-state index in [9.17, 15) is 0 Å². The maximum atomic E-state index is 4.42. The zero-order chi connectivity index (χ0) is 13.0. The van der Waals surface area contributed by atoms with E-state index < -0.39 is 0 Å². The molecule has 1 fully saturated rings. The van der Waals surface area contributed by atoms with Gasteiger partial charge < -0.3 is 10.2 Å². The van der Waals surface area contributed by atoms with Crippen LogP contribution in [0.4, 0.5) is 5.82 Å². The van der Waals surface area contributed by atoms with Gasteiger partial charge in [-0.05, 0) is 39.1 Å². The summed E-state index contributed by atoms with van der Waals surface area (Å²) >= 11 is 0. The lowest BCUT2D eigenvalue weighted by atomic mass is 10.2. The molecule has 100 valence electrons. The fourth-order valence-electron chi connectivity index (χ4n) is 2.44. The molecule has 0 spiro atoms. The number of nitrogens with one attached hydrogen (secondary N) is 1. The molecule has 4 heteroatoms. The van der Waals surface area contributed by atoms with Crippen LogP contribution in [0.1, 0.15) is 18.9 Å². The van der Waals surface area contributed by atoms with Crippen LogP contribution >= 0.6 is 0 Å². The average molecular weight is 248 g/mol.